The SMILES string of the molecule is COc1ccc(C)cc1NC(=O)CCC(C)(C)N. The first kappa shape index (κ1) is 14.5. The summed E-state index contributed by atoms with van der Waals surface area (Å²) in [5.41, 5.74) is 7.31. The van der Waals surface area contributed by atoms with Crippen molar-refractivity contribution in [3.63, 3.8) is 0 Å². The van der Waals surface area contributed by atoms with Gasteiger partial charge >= 0.3 is 0 Å². The van der Waals surface area contributed by atoms with E-state index in [0.29, 0.717) is 24.3 Å². The van der Waals surface area contributed by atoms with Gasteiger partial charge in [0.05, 0.1) is 12.8 Å². The van der Waals surface area contributed by atoms with Gasteiger partial charge in [-0.3, -0.25) is 4.79 Å². The standard InChI is InChI=1S/C14H22N2O2/c1-10-5-6-12(18-4)11(9-10)16-13(17)7-8-14(2,3)15/h5-6,9H,7-8,15H2,1-4H3,(H,16,17). The second-order valence-corrected chi connectivity index (χ2v) is 5.24. The molecule has 0 spiro atoms. The van der Waals surface area contributed by atoms with Crippen molar-refractivity contribution < 1.29 is 9.53 Å². The van der Waals surface area contributed by atoms with E-state index in [-0.39, 0.29) is 11.4 Å². The minimum absolute atomic E-state index is 0.0441. The third-order valence-electron chi connectivity index (χ3n) is 2.63. The number of carbonyl (C=O) groups is 1. The number of benzene rings is 1. The summed E-state index contributed by atoms with van der Waals surface area (Å²) in [5, 5.41) is 2.86. The quantitative estimate of drug-likeness (QED) is 0.843. The molecule has 100 valence electrons. The Morgan fingerprint density at radius 1 is 1.44 bits per heavy atom. The molecular formula is C14H22N2O2. The summed E-state index contributed by atoms with van der Waals surface area (Å²) in [5.74, 6) is 0.624. The Morgan fingerprint density at radius 3 is 2.67 bits per heavy atom. The molecule has 0 heterocycles. The van der Waals surface area contributed by atoms with Crippen molar-refractivity contribution in [3.8, 4) is 5.75 Å². The van der Waals surface area contributed by atoms with Gasteiger partial charge in [0.2, 0.25) is 5.91 Å². The number of nitrogens with one attached hydrogen (secondary N) is 1. The maximum atomic E-state index is 11.8. The summed E-state index contributed by atoms with van der Waals surface area (Å²) in [4.78, 5) is 11.8. The van der Waals surface area contributed by atoms with Gasteiger partial charge < -0.3 is 15.8 Å². The summed E-state index contributed by atoms with van der Waals surface area (Å²) in [7, 11) is 1.59. The maximum Gasteiger partial charge on any atom is 0.224 e. The highest BCUT2D eigenvalue weighted by molar-refractivity contribution is 5.92. The van der Waals surface area contributed by atoms with Crippen LogP contribution in [-0.2, 0) is 4.79 Å². The van der Waals surface area contributed by atoms with E-state index in [2.05, 4.69) is 5.32 Å². The van der Waals surface area contributed by atoms with E-state index in [1.165, 1.54) is 0 Å². The fourth-order valence-corrected chi connectivity index (χ4v) is 1.57. The molecule has 0 aromatic heterocycles. The van der Waals surface area contributed by atoms with Crippen molar-refractivity contribution in [1.82, 2.24) is 0 Å². The fraction of sp³-hybridized carbons (Fsp3) is 0.500. The molecule has 0 saturated carbocycles. The molecule has 0 atom stereocenters. The lowest BCUT2D eigenvalue weighted by Gasteiger charge is -2.18. The van der Waals surface area contributed by atoms with Gasteiger partial charge in [0.15, 0.2) is 0 Å². The molecule has 1 aromatic rings. The number of anilines is 1. The Hall–Kier alpha value is -1.55. The largest absolute Gasteiger partial charge is 0.495 e. The topological polar surface area (TPSA) is 64.3 Å². The number of hydrogen-bond donors (Lipinski definition) is 2. The molecule has 18 heavy (non-hydrogen) atoms. The van der Waals surface area contributed by atoms with E-state index in [9.17, 15) is 4.79 Å². The minimum Gasteiger partial charge on any atom is -0.495 e. The molecule has 0 aliphatic rings. The Morgan fingerprint density at radius 2 is 2.11 bits per heavy atom. The Labute approximate surface area is 109 Å². The summed E-state index contributed by atoms with van der Waals surface area (Å²) in [6.45, 7) is 5.79. The number of aryl methyl sites for hydroxylation is 1. The van der Waals surface area contributed by atoms with Crippen molar-refractivity contribution in [1.29, 1.82) is 0 Å². The van der Waals surface area contributed by atoms with Crippen LogP contribution < -0.4 is 15.8 Å². The molecule has 1 amide bonds. The number of rotatable bonds is 5. The van der Waals surface area contributed by atoms with Crippen LogP contribution >= 0.6 is 0 Å². The lowest BCUT2D eigenvalue weighted by molar-refractivity contribution is -0.116. The zero-order valence-corrected chi connectivity index (χ0v) is 11.5. The van der Waals surface area contributed by atoms with Crippen molar-refractivity contribution in [3.05, 3.63) is 23.8 Å². The molecular weight excluding hydrogens is 228 g/mol. The highest BCUT2D eigenvalue weighted by Crippen LogP contribution is 2.25. The number of nitrogens with two attached hydrogens (primary N) is 1. The molecule has 0 aliphatic carbocycles. The van der Waals surface area contributed by atoms with Crippen molar-refractivity contribution >= 4 is 11.6 Å². The van der Waals surface area contributed by atoms with Gasteiger partial charge in [-0.2, -0.15) is 0 Å². The second-order valence-electron chi connectivity index (χ2n) is 5.24. The van der Waals surface area contributed by atoms with Crippen LogP contribution in [0.3, 0.4) is 0 Å². The number of hydrogen-bond acceptors (Lipinski definition) is 3. The van der Waals surface area contributed by atoms with E-state index >= 15 is 0 Å². The highest BCUT2D eigenvalue weighted by atomic mass is 16.5. The molecule has 4 nitrogen and oxygen atoms in total. The first-order valence-corrected chi connectivity index (χ1v) is 6.05. The van der Waals surface area contributed by atoms with Crippen LogP contribution in [0.1, 0.15) is 32.3 Å². The van der Waals surface area contributed by atoms with Gasteiger partial charge in [0, 0.05) is 12.0 Å². The maximum absolute atomic E-state index is 11.8. The van der Waals surface area contributed by atoms with Crippen LogP contribution in [0.4, 0.5) is 5.69 Å². The van der Waals surface area contributed by atoms with E-state index in [4.69, 9.17) is 10.5 Å². The Balaban J connectivity index is 2.66. The van der Waals surface area contributed by atoms with Crippen molar-refractivity contribution in [2.45, 2.75) is 39.2 Å². The monoisotopic (exact) mass is 250 g/mol. The van der Waals surface area contributed by atoms with Gasteiger partial charge in [-0.15, -0.1) is 0 Å². The fourth-order valence-electron chi connectivity index (χ4n) is 1.57. The van der Waals surface area contributed by atoms with Gasteiger partial charge in [-0.05, 0) is 44.9 Å². The van der Waals surface area contributed by atoms with Gasteiger partial charge in [-0.25, -0.2) is 0 Å². The summed E-state index contributed by atoms with van der Waals surface area (Å²) in [6.07, 6.45) is 1.05. The lowest BCUT2D eigenvalue weighted by Crippen LogP contribution is -2.33. The second kappa shape index (κ2) is 5.87. The molecule has 0 bridgehead atoms. The normalized spacial score (nSPS) is 11.2. The summed E-state index contributed by atoms with van der Waals surface area (Å²) in [6, 6.07) is 5.68. The van der Waals surface area contributed by atoms with E-state index in [1.807, 2.05) is 39.0 Å². The molecule has 1 rings (SSSR count). The summed E-state index contributed by atoms with van der Waals surface area (Å²) >= 11 is 0. The number of methoxy groups -OCH3 is 1. The van der Waals surface area contributed by atoms with Gasteiger partial charge in [0.25, 0.3) is 0 Å². The molecule has 0 fully saturated rings. The van der Waals surface area contributed by atoms with Crippen molar-refractivity contribution in [2.75, 3.05) is 12.4 Å². The van der Waals surface area contributed by atoms with E-state index in [1.54, 1.807) is 7.11 Å². The van der Waals surface area contributed by atoms with Crippen LogP contribution in [0.5, 0.6) is 5.75 Å². The van der Waals surface area contributed by atoms with Crippen LogP contribution in [-0.4, -0.2) is 18.6 Å². The predicted octanol–water partition coefficient (Wildman–Crippen LogP) is 2.46. The van der Waals surface area contributed by atoms with Crippen LogP contribution in [0.25, 0.3) is 0 Å². The first-order valence-electron chi connectivity index (χ1n) is 6.05. The number of carbonyl (C=O) groups excluding carboxylic acids is 1. The molecule has 1 aromatic carbocycles. The Bertz CT molecular complexity index is 422. The molecule has 3 N–H and O–H groups in total. The third kappa shape index (κ3) is 4.75. The molecule has 0 saturated heterocycles. The first-order chi connectivity index (χ1) is 8.31. The van der Waals surface area contributed by atoms with Crippen molar-refractivity contribution in [2.24, 2.45) is 5.73 Å². The lowest BCUT2D eigenvalue weighted by atomic mass is 10.00. The average molecular weight is 250 g/mol. The number of ether oxygens (including phenoxy) is 1. The zero-order valence-electron chi connectivity index (χ0n) is 11.5. The third-order valence-corrected chi connectivity index (χ3v) is 2.63. The predicted molar refractivity (Wildman–Crippen MR) is 73.9 cm³/mol. The van der Waals surface area contributed by atoms with Gasteiger partial charge in [-0.1, -0.05) is 6.07 Å². The molecule has 4 heteroatoms. The van der Waals surface area contributed by atoms with E-state index in [0.717, 1.165) is 5.56 Å². The van der Waals surface area contributed by atoms with Crippen LogP contribution in [0, 0.1) is 6.92 Å². The van der Waals surface area contributed by atoms with Crippen LogP contribution in [0.15, 0.2) is 18.2 Å². The molecule has 0 unspecified atom stereocenters. The molecule has 0 aliphatic heterocycles. The van der Waals surface area contributed by atoms with E-state index < -0.39 is 0 Å². The average Bonchev–Trinajstić information content (AvgIpc) is 2.26. The molecule has 0 radical (unpaired) electrons. The van der Waals surface area contributed by atoms with Gasteiger partial charge in [0.1, 0.15) is 5.75 Å². The zero-order chi connectivity index (χ0) is 13.8. The smallest absolute Gasteiger partial charge is 0.224 e. The Kier molecular flexibility index (Phi) is 4.73. The minimum atomic E-state index is -0.325. The van der Waals surface area contributed by atoms with Crippen LogP contribution in [0.2, 0.25) is 0 Å². The summed E-state index contributed by atoms with van der Waals surface area (Å²) < 4.78 is 5.21. The number of amides is 1. The highest BCUT2D eigenvalue weighted by Gasteiger charge is 2.14.